The zero-order chi connectivity index (χ0) is 22.2. The lowest BCUT2D eigenvalue weighted by molar-refractivity contribution is -0.131. The van der Waals surface area contributed by atoms with Crippen LogP contribution in [-0.2, 0) is 17.9 Å². The van der Waals surface area contributed by atoms with E-state index in [1.54, 1.807) is 18.2 Å². The van der Waals surface area contributed by atoms with Gasteiger partial charge in [-0.05, 0) is 37.1 Å². The van der Waals surface area contributed by atoms with Gasteiger partial charge in [-0.1, -0.05) is 38.1 Å². The first-order valence-electron chi connectivity index (χ1n) is 10.7. The molecule has 0 atom stereocenters. The van der Waals surface area contributed by atoms with Crippen LogP contribution in [0.2, 0.25) is 0 Å². The third kappa shape index (κ3) is 5.23. The van der Waals surface area contributed by atoms with Gasteiger partial charge in [0.05, 0.1) is 30.3 Å². The Morgan fingerprint density at radius 1 is 1.03 bits per heavy atom. The molecule has 0 spiro atoms. The molecular weight excluding hydrogens is 392 g/mol. The average Bonchev–Trinajstić information content (AvgIpc) is 3.14. The van der Waals surface area contributed by atoms with Crippen molar-refractivity contribution in [2.75, 3.05) is 20.2 Å². The second kappa shape index (κ2) is 10.6. The molecule has 0 fully saturated rings. The van der Waals surface area contributed by atoms with E-state index >= 15 is 0 Å². The van der Waals surface area contributed by atoms with E-state index < -0.39 is 0 Å². The fourth-order valence-corrected chi connectivity index (χ4v) is 3.66. The van der Waals surface area contributed by atoms with E-state index in [1.807, 2.05) is 39.8 Å². The summed E-state index contributed by atoms with van der Waals surface area (Å²) in [6, 6.07) is 14.8. The summed E-state index contributed by atoms with van der Waals surface area (Å²) in [5.74, 6) is 0.967. The minimum absolute atomic E-state index is 0.0594. The van der Waals surface area contributed by atoms with Gasteiger partial charge in [-0.2, -0.15) is 0 Å². The van der Waals surface area contributed by atoms with E-state index in [1.165, 1.54) is 7.11 Å². The molecule has 1 N–H and O–H groups in total. The number of benzene rings is 2. The fourth-order valence-electron chi connectivity index (χ4n) is 3.66. The number of aromatic nitrogens is 2. The fraction of sp³-hybridized carbons (Fsp3) is 0.375. The number of rotatable bonds is 10. The van der Waals surface area contributed by atoms with Gasteiger partial charge in [0, 0.05) is 13.1 Å². The van der Waals surface area contributed by atoms with Crippen molar-refractivity contribution in [1.82, 2.24) is 19.8 Å². The number of carbonyl (C=O) groups is 2. The van der Waals surface area contributed by atoms with E-state index in [0.717, 1.165) is 37.0 Å². The van der Waals surface area contributed by atoms with Crippen molar-refractivity contribution < 1.29 is 14.3 Å². The molecule has 164 valence electrons. The molecule has 3 aromatic rings. The highest BCUT2D eigenvalue weighted by Gasteiger charge is 2.19. The molecule has 0 radical (unpaired) electrons. The number of imidazole rings is 1. The van der Waals surface area contributed by atoms with E-state index in [0.29, 0.717) is 17.1 Å². The summed E-state index contributed by atoms with van der Waals surface area (Å²) in [7, 11) is 1.54. The molecule has 0 aliphatic carbocycles. The van der Waals surface area contributed by atoms with Crippen LogP contribution in [0.15, 0.2) is 48.5 Å². The lowest BCUT2D eigenvalue weighted by atomic mass is 10.2. The van der Waals surface area contributed by atoms with Crippen molar-refractivity contribution >= 4 is 22.8 Å². The van der Waals surface area contributed by atoms with Crippen LogP contribution < -0.4 is 10.1 Å². The maximum absolute atomic E-state index is 13.0. The monoisotopic (exact) mass is 422 g/mol. The van der Waals surface area contributed by atoms with Gasteiger partial charge < -0.3 is 19.5 Å². The van der Waals surface area contributed by atoms with E-state index in [4.69, 9.17) is 4.74 Å². The predicted octanol–water partition coefficient (Wildman–Crippen LogP) is 3.62. The van der Waals surface area contributed by atoms with Crippen molar-refractivity contribution in [1.29, 1.82) is 0 Å². The molecule has 0 aliphatic heterocycles. The molecule has 7 nitrogen and oxygen atoms in total. The predicted molar refractivity (Wildman–Crippen MR) is 121 cm³/mol. The normalized spacial score (nSPS) is 10.8. The van der Waals surface area contributed by atoms with Crippen LogP contribution in [-0.4, -0.2) is 46.5 Å². The van der Waals surface area contributed by atoms with Crippen molar-refractivity contribution in [2.45, 2.75) is 39.8 Å². The molecule has 2 amide bonds. The Hall–Kier alpha value is -3.35. The quantitative estimate of drug-likeness (QED) is 0.541. The van der Waals surface area contributed by atoms with Crippen LogP contribution in [0.1, 0.15) is 42.9 Å². The molecule has 31 heavy (non-hydrogen) atoms. The van der Waals surface area contributed by atoms with Gasteiger partial charge >= 0.3 is 0 Å². The van der Waals surface area contributed by atoms with E-state index in [-0.39, 0.29) is 24.9 Å². The first-order valence-corrected chi connectivity index (χ1v) is 10.7. The lowest BCUT2D eigenvalue weighted by Gasteiger charge is -2.22. The van der Waals surface area contributed by atoms with Crippen molar-refractivity contribution in [3.05, 3.63) is 59.9 Å². The minimum Gasteiger partial charge on any atom is -0.496 e. The van der Waals surface area contributed by atoms with Crippen LogP contribution in [0.25, 0.3) is 11.0 Å². The molecule has 0 saturated heterocycles. The van der Waals surface area contributed by atoms with Crippen LogP contribution in [0.4, 0.5) is 0 Å². The second-order valence-electron chi connectivity index (χ2n) is 7.37. The topological polar surface area (TPSA) is 76.5 Å². The minimum atomic E-state index is -0.249. The maximum atomic E-state index is 13.0. The second-order valence-corrected chi connectivity index (χ2v) is 7.37. The number of hydrogen-bond donors (Lipinski definition) is 1. The van der Waals surface area contributed by atoms with Gasteiger partial charge in [0.1, 0.15) is 18.1 Å². The third-order valence-corrected chi connectivity index (χ3v) is 5.13. The van der Waals surface area contributed by atoms with Crippen LogP contribution in [0.3, 0.4) is 0 Å². The van der Waals surface area contributed by atoms with Gasteiger partial charge in [-0.25, -0.2) is 4.98 Å². The first kappa shape index (κ1) is 22.3. The smallest absolute Gasteiger partial charge is 0.255 e. The van der Waals surface area contributed by atoms with Gasteiger partial charge in [0.15, 0.2) is 0 Å². The molecule has 1 heterocycles. The number of fused-ring (bicyclic) bond motifs is 1. The first-order chi connectivity index (χ1) is 15.1. The molecule has 0 saturated carbocycles. The largest absolute Gasteiger partial charge is 0.496 e. The summed E-state index contributed by atoms with van der Waals surface area (Å²) in [5.41, 5.74) is 2.14. The van der Waals surface area contributed by atoms with Crippen LogP contribution in [0.5, 0.6) is 5.75 Å². The van der Waals surface area contributed by atoms with Crippen molar-refractivity contribution in [3.63, 3.8) is 0 Å². The number of carbonyl (C=O) groups excluding carboxylic acids is 2. The molecule has 0 unspecified atom stereocenters. The summed E-state index contributed by atoms with van der Waals surface area (Å²) in [5, 5.41) is 2.92. The van der Waals surface area contributed by atoms with Gasteiger partial charge in [-0.3, -0.25) is 9.59 Å². The Balaban J connectivity index is 1.83. The SMILES string of the molecule is CCCN(CCC)C(=O)Cn1c(CNC(=O)c2ccccc2OC)nc2ccccc21. The summed E-state index contributed by atoms with van der Waals surface area (Å²) >= 11 is 0. The molecule has 1 aromatic heterocycles. The highest BCUT2D eigenvalue weighted by molar-refractivity contribution is 5.96. The zero-order valence-electron chi connectivity index (χ0n) is 18.4. The Labute approximate surface area is 183 Å². The number of methoxy groups -OCH3 is 1. The van der Waals surface area contributed by atoms with Crippen molar-refractivity contribution in [2.24, 2.45) is 0 Å². The van der Waals surface area contributed by atoms with Gasteiger partial charge in [0.2, 0.25) is 5.91 Å². The summed E-state index contributed by atoms with van der Waals surface area (Å²) < 4.78 is 7.18. The molecule has 2 aromatic carbocycles. The number of amides is 2. The number of nitrogens with one attached hydrogen (secondary N) is 1. The Morgan fingerprint density at radius 3 is 2.42 bits per heavy atom. The number of para-hydroxylation sites is 3. The molecule has 3 rings (SSSR count). The third-order valence-electron chi connectivity index (χ3n) is 5.13. The van der Waals surface area contributed by atoms with Crippen LogP contribution >= 0.6 is 0 Å². The van der Waals surface area contributed by atoms with Crippen LogP contribution in [0, 0.1) is 0 Å². The summed E-state index contributed by atoms with van der Waals surface area (Å²) in [4.78, 5) is 32.3. The number of ether oxygens (including phenoxy) is 1. The van der Waals surface area contributed by atoms with Gasteiger partial charge in [0.25, 0.3) is 5.91 Å². The van der Waals surface area contributed by atoms with Crippen molar-refractivity contribution in [3.8, 4) is 5.75 Å². The van der Waals surface area contributed by atoms with E-state index in [2.05, 4.69) is 24.1 Å². The molecular formula is C24H30N4O3. The number of hydrogen-bond acceptors (Lipinski definition) is 4. The summed E-state index contributed by atoms with van der Waals surface area (Å²) in [6.07, 6.45) is 1.83. The van der Waals surface area contributed by atoms with E-state index in [9.17, 15) is 9.59 Å². The summed E-state index contributed by atoms with van der Waals surface area (Å²) in [6.45, 7) is 6.02. The highest BCUT2D eigenvalue weighted by atomic mass is 16.5. The Bertz CT molecular complexity index is 1040. The molecule has 0 aliphatic rings. The average molecular weight is 423 g/mol. The standard InChI is InChI=1S/C24H30N4O3/c1-4-14-27(15-5-2)23(29)17-28-20-12-8-7-11-19(20)26-22(28)16-25-24(30)18-10-6-9-13-21(18)31-3/h6-13H,4-5,14-17H2,1-3H3,(H,25,30). The Morgan fingerprint density at radius 2 is 1.71 bits per heavy atom. The molecule has 0 bridgehead atoms. The lowest BCUT2D eigenvalue weighted by Crippen LogP contribution is -2.36. The zero-order valence-corrected chi connectivity index (χ0v) is 18.4. The molecule has 7 heteroatoms. The Kier molecular flexibility index (Phi) is 7.65. The van der Waals surface area contributed by atoms with Gasteiger partial charge in [-0.15, -0.1) is 0 Å². The number of nitrogens with zero attached hydrogens (tertiary/aromatic N) is 3. The maximum Gasteiger partial charge on any atom is 0.255 e. The highest BCUT2D eigenvalue weighted by Crippen LogP contribution is 2.19.